The normalized spacial score (nSPS) is 12.5. The zero-order valence-electron chi connectivity index (χ0n) is 38.0. The smallest absolute Gasteiger partial charge is 0.306 e. The zero-order chi connectivity index (χ0) is 42.3. The molecule has 58 heavy (non-hydrogen) atoms. The van der Waals surface area contributed by atoms with E-state index in [0.717, 1.165) is 116 Å². The molecule has 334 valence electrons. The van der Waals surface area contributed by atoms with Gasteiger partial charge in [0.1, 0.15) is 13.2 Å². The van der Waals surface area contributed by atoms with E-state index in [9.17, 15) is 14.4 Å². The highest BCUT2D eigenvalue weighted by molar-refractivity contribution is 5.71. The first kappa shape index (κ1) is 55.1. The first-order chi connectivity index (χ1) is 28.5. The SMILES string of the molecule is CC/C=C\C/C=C\C/C=C\CCCCCCCC(=O)OCC(COC(=O)CCCCCCC/C=C\CCCCC)OC(=O)CCCCCCC/C=C\CCCCCC. The quantitative estimate of drug-likeness (QED) is 0.0264. The minimum Gasteiger partial charge on any atom is -0.462 e. The van der Waals surface area contributed by atoms with Crippen LogP contribution in [0.4, 0.5) is 0 Å². The maximum atomic E-state index is 12.7. The third-order valence-corrected chi connectivity index (χ3v) is 10.2. The Labute approximate surface area is 358 Å². The maximum absolute atomic E-state index is 12.7. The van der Waals surface area contributed by atoms with Gasteiger partial charge in [0.15, 0.2) is 6.10 Å². The third kappa shape index (κ3) is 44.2. The fourth-order valence-electron chi connectivity index (χ4n) is 6.56. The van der Waals surface area contributed by atoms with Crippen LogP contribution in [0.5, 0.6) is 0 Å². The first-order valence-electron chi connectivity index (χ1n) is 24.3. The van der Waals surface area contributed by atoms with E-state index in [-0.39, 0.29) is 31.1 Å². The van der Waals surface area contributed by atoms with E-state index in [1.807, 2.05) is 0 Å². The van der Waals surface area contributed by atoms with Crippen molar-refractivity contribution in [1.82, 2.24) is 0 Å². The van der Waals surface area contributed by atoms with Crippen molar-refractivity contribution in [3.05, 3.63) is 60.8 Å². The second kappa shape index (κ2) is 46.8. The van der Waals surface area contributed by atoms with E-state index in [4.69, 9.17) is 14.2 Å². The van der Waals surface area contributed by atoms with Crippen molar-refractivity contribution in [3.63, 3.8) is 0 Å². The molecule has 0 aromatic heterocycles. The molecule has 1 unspecified atom stereocenters. The number of esters is 3. The lowest BCUT2D eigenvalue weighted by Crippen LogP contribution is -2.30. The molecule has 0 heterocycles. The number of carbonyl (C=O) groups excluding carboxylic acids is 3. The van der Waals surface area contributed by atoms with Crippen molar-refractivity contribution in [3.8, 4) is 0 Å². The lowest BCUT2D eigenvalue weighted by atomic mass is 10.1. The van der Waals surface area contributed by atoms with Gasteiger partial charge >= 0.3 is 17.9 Å². The standard InChI is InChI=1S/C52H90O6/c1-4-7-10-13-16-19-22-25-26-28-30-33-36-39-42-45-51(54)57-48-49(47-56-50(53)44-41-38-35-32-29-24-21-18-15-12-9-6-3)58-52(55)46-43-40-37-34-31-27-23-20-17-14-11-8-5-2/h7,10,16,18-21,23,25-26,49H,4-6,8-9,11-15,17,22,24,27-48H2,1-3H3/b10-7-,19-16-,21-18-,23-20-,26-25-. The van der Waals surface area contributed by atoms with Gasteiger partial charge in [0.05, 0.1) is 0 Å². The van der Waals surface area contributed by atoms with Gasteiger partial charge in [0.2, 0.25) is 0 Å². The second-order valence-electron chi connectivity index (χ2n) is 16.0. The van der Waals surface area contributed by atoms with Gasteiger partial charge in [0, 0.05) is 19.3 Å². The molecule has 0 radical (unpaired) electrons. The summed E-state index contributed by atoms with van der Waals surface area (Å²) in [6, 6.07) is 0. The summed E-state index contributed by atoms with van der Waals surface area (Å²) >= 11 is 0. The highest BCUT2D eigenvalue weighted by Gasteiger charge is 2.19. The van der Waals surface area contributed by atoms with Gasteiger partial charge in [-0.05, 0) is 103 Å². The molecule has 0 aromatic rings. The van der Waals surface area contributed by atoms with Crippen LogP contribution in [0, 0.1) is 0 Å². The van der Waals surface area contributed by atoms with Crippen LogP contribution in [-0.4, -0.2) is 37.2 Å². The first-order valence-corrected chi connectivity index (χ1v) is 24.3. The summed E-state index contributed by atoms with van der Waals surface area (Å²) in [5, 5.41) is 0. The lowest BCUT2D eigenvalue weighted by molar-refractivity contribution is -0.167. The molecule has 0 spiro atoms. The molecule has 0 rings (SSSR count). The molecule has 0 aliphatic carbocycles. The Morgan fingerprint density at radius 2 is 0.672 bits per heavy atom. The van der Waals surface area contributed by atoms with Gasteiger partial charge in [0.25, 0.3) is 0 Å². The number of ether oxygens (including phenoxy) is 3. The summed E-state index contributed by atoms with van der Waals surface area (Å²) in [6.45, 7) is 6.45. The zero-order valence-corrected chi connectivity index (χ0v) is 38.0. The van der Waals surface area contributed by atoms with Crippen LogP contribution in [0.25, 0.3) is 0 Å². The van der Waals surface area contributed by atoms with Gasteiger partial charge in [-0.2, -0.15) is 0 Å². The van der Waals surface area contributed by atoms with E-state index in [0.29, 0.717) is 19.3 Å². The molecule has 0 fully saturated rings. The Morgan fingerprint density at radius 1 is 0.362 bits per heavy atom. The van der Waals surface area contributed by atoms with Crippen molar-refractivity contribution in [2.75, 3.05) is 13.2 Å². The molecule has 0 saturated carbocycles. The minimum absolute atomic E-state index is 0.0877. The van der Waals surface area contributed by atoms with Crippen LogP contribution in [0.3, 0.4) is 0 Å². The number of allylic oxidation sites excluding steroid dienone is 10. The van der Waals surface area contributed by atoms with Gasteiger partial charge in [-0.3, -0.25) is 14.4 Å². The van der Waals surface area contributed by atoms with Crippen LogP contribution in [-0.2, 0) is 28.6 Å². The van der Waals surface area contributed by atoms with Gasteiger partial charge in [-0.1, -0.05) is 171 Å². The predicted octanol–water partition coefficient (Wildman–Crippen LogP) is 15.7. The van der Waals surface area contributed by atoms with E-state index >= 15 is 0 Å². The summed E-state index contributed by atoms with van der Waals surface area (Å²) in [7, 11) is 0. The molecule has 0 amide bonds. The average Bonchev–Trinajstić information content (AvgIpc) is 3.22. The van der Waals surface area contributed by atoms with Gasteiger partial charge in [-0.15, -0.1) is 0 Å². The Morgan fingerprint density at radius 3 is 1.10 bits per heavy atom. The fourth-order valence-corrected chi connectivity index (χ4v) is 6.56. The van der Waals surface area contributed by atoms with E-state index in [2.05, 4.69) is 81.5 Å². The van der Waals surface area contributed by atoms with E-state index in [1.54, 1.807) is 0 Å². The molecule has 6 nitrogen and oxygen atoms in total. The molecule has 0 aromatic carbocycles. The molecular weight excluding hydrogens is 721 g/mol. The topological polar surface area (TPSA) is 78.9 Å². The minimum atomic E-state index is -0.786. The van der Waals surface area contributed by atoms with Crippen molar-refractivity contribution in [2.24, 2.45) is 0 Å². The molecule has 0 N–H and O–H groups in total. The lowest BCUT2D eigenvalue weighted by Gasteiger charge is -2.18. The van der Waals surface area contributed by atoms with Gasteiger partial charge in [-0.25, -0.2) is 0 Å². The molecule has 0 bridgehead atoms. The van der Waals surface area contributed by atoms with Crippen LogP contribution < -0.4 is 0 Å². The molecule has 6 heteroatoms. The number of rotatable bonds is 43. The molecule has 0 aliphatic heterocycles. The molecule has 0 aliphatic rings. The van der Waals surface area contributed by atoms with E-state index in [1.165, 1.54) is 77.0 Å². The monoisotopic (exact) mass is 811 g/mol. The molecule has 0 saturated heterocycles. The summed E-state index contributed by atoms with van der Waals surface area (Å²) in [4.78, 5) is 37.8. The van der Waals surface area contributed by atoms with Crippen molar-refractivity contribution in [1.29, 1.82) is 0 Å². The van der Waals surface area contributed by atoms with Crippen LogP contribution in [0.2, 0.25) is 0 Å². The Kier molecular flexibility index (Phi) is 44.5. The number of hydrogen-bond donors (Lipinski definition) is 0. The fraction of sp³-hybridized carbons (Fsp3) is 0.750. The van der Waals surface area contributed by atoms with Crippen molar-refractivity contribution >= 4 is 17.9 Å². The Hall–Kier alpha value is -2.89. The maximum Gasteiger partial charge on any atom is 0.306 e. The highest BCUT2D eigenvalue weighted by atomic mass is 16.6. The third-order valence-electron chi connectivity index (χ3n) is 10.2. The van der Waals surface area contributed by atoms with Crippen LogP contribution in [0.15, 0.2) is 60.8 Å². The number of hydrogen-bond acceptors (Lipinski definition) is 6. The number of carbonyl (C=O) groups is 3. The summed E-state index contributed by atoms with van der Waals surface area (Å²) in [6.07, 6.45) is 56.2. The number of unbranched alkanes of at least 4 members (excludes halogenated alkanes) is 22. The summed E-state index contributed by atoms with van der Waals surface area (Å²) < 4.78 is 16.7. The van der Waals surface area contributed by atoms with Crippen LogP contribution >= 0.6 is 0 Å². The van der Waals surface area contributed by atoms with E-state index < -0.39 is 6.10 Å². The average molecular weight is 811 g/mol. The van der Waals surface area contributed by atoms with Crippen LogP contribution in [0.1, 0.15) is 233 Å². The summed E-state index contributed by atoms with van der Waals surface area (Å²) in [5.41, 5.74) is 0. The Bertz CT molecular complexity index is 1070. The van der Waals surface area contributed by atoms with Gasteiger partial charge < -0.3 is 14.2 Å². The second-order valence-corrected chi connectivity index (χ2v) is 16.0. The van der Waals surface area contributed by atoms with Crippen molar-refractivity contribution in [2.45, 2.75) is 239 Å². The molecular formula is C52H90O6. The molecule has 1 atom stereocenters. The van der Waals surface area contributed by atoms with Crippen molar-refractivity contribution < 1.29 is 28.6 Å². The summed E-state index contributed by atoms with van der Waals surface area (Å²) in [5.74, 6) is -0.923. The Balaban J connectivity index is 4.43. The largest absolute Gasteiger partial charge is 0.462 e. The predicted molar refractivity (Wildman–Crippen MR) is 247 cm³/mol. The highest BCUT2D eigenvalue weighted by Crippen LogP contribution is 2.13.